The van der Waals surface area contributed by atoms with E-state index in [0.717, 1.165) is 12.3 Å². The maximum absolute atomic E-state index is 10.9. The minimum Gasteiger partial charge on any atom is -0.366 e. The minimum atomic E-state index is -0.305. The summed E-state index contributed by atoms with van der Waals surface area (Å²) >= 11 is 1.67. The van der Waals surface area contributed by atoms with Crippen LogP contribution < -0.4 is 5.73 Å². The quantitative estimate of drug-likeness (QED) is 0.857. The van der Waals surface area contributed by atoms with Crippen molar-refractivity contribution in [3.05, 3.63) is 21.9 Å². The van der Waals surface area contributed by atoms with Gasteiger partial charge in [0.25, 0.3) is 0 Å². The van der Waals surface area contributed by atoms with Gasteiger partial charge in [0.15, 0.2) is 0 Å². The Kier molecular flexibility index (Phi) is 3.99. The SMILES string of the molecule is NC(=O)c1csc(CCC2CCCCC2)c1. The fourth-order valence-electron chi connectivity index (χ4n) is 2.46. The number of hydrogen-bond acceptors (Lipinski definition) is 2. The van der Waals surface area contributed by atoms with E-state index in [9.17, 15) is 4.79 Å². The lowest BCUT2D eigenvalue weighted by molar-refractivity contribution is 0.100. The number of amides is 1. The largest absolute Gasteiger partial charge is 0.366 e. The highest BCUT2D eigenvalue weighted by Crippen LogP contribution is 2.28. The predicted molar refractivity (Wildman–Crippen MR) is 67.7 cm³/mol. The molecular weight excluding hydrogens is 218 g/mol. The molecule has 1 saturated carbocycles. The fraction of sp³-hybridized carbons (Fsp3) is 0.615. The second-order valence-corrected chi connectivity index (χ2v) is 5.70. The van der Waals surface area contributed by atoms with E-state index in [1.54, 1.807) is 11.3 Å². The van der Waals surface area contributed by atoms with Crippen molar-refractivity contribution in [2.24, 2.45) is 11.7 Å². The number of carbonyl (C=O) groups excluding carboxylic acids is 1. The van der Waals surface area contributed by atoms with Gasteiger partial charge in [0, 0.05) is 10.3 Å². The van der Waals surface area contributed by atoms with E-state index in [0.29, 0.717) is 5.56 Å². The molecule has 1 aromatic rings. The fourth-order valence-corrected chi connectivity index (χ4v) is 3.36. The van der Waals surface area contributed by atoms with Crippen LogP contribution in [0.3, 0.4) is 0 Å². The van der Waals surface area contributed by atoms with E-state index in [-0.39, 0.29) is 5.91 Å². The summed E-state index contributed by atoms with van der Waals surface area (Å²) in [4.78, 5) is 12.3. The molecule has 1 heterocycles. The number of carbonyl (C=O) groups is 1. The van der Waals surface area contributed by atoms with Gasteiger partial charge >= 0.3 is 0 Å². The highest BCUT2D eigenvalue weighted by atomic mass is 32.1. The Labute approximate surface area is 101 Å². The molecule has 0 unspecified atom stereocenters. The van der Waals surface area contributed by atoms with Crippen LogP contribution in [-0.4, -0.2) is 5.91 Å². The molecule has 1 aliphatic rings. The summed E-state index contributed by atoms with van der Waals surface area (Å²) in [6, 6.07) is 1.95. The molecule has 1 fully saturated rings. The molecule has 3 heteroatoms. The van der Waals surface area contributed by atoms with Gasteiger partial charge in [-0.05, 0) is 24.8 Å². The molecule has 0 saturated heterocycles. The molecule has 88 valence electrons. The van der Waals surface area contributed by atoms with Gasteiger partial charge in [-0.3, -0.25) is 4.79 Å². The molecule has 1 aromatic heterocycles. The summed E-state index contributed by atoms with van der Waals surface area (Å²) in [6.07, 6.45) is 9.41. The highest BCUT2D eigenvalue weighted by molar-refractivity contribution is 7.10. The molecule has 2 rings (SSSR count). The second kappa shape index (κ2) is 5.48. The van der Waals surface area contributed by atoms with Gasteiger partial charge in [-0.15, -0.1) is 11.3 Å². The van der Waals surface area contributed by atoms with Gasteiger partial charge in [0.1, 0.15) is 0 Å². The molecule has 1 aliphatic carbocycles. The lowest BCUT2D eigenvalue weighted by Gasteiger charge is -2.20. The van der Waals surface area contributed by atoms with Crippen molar-refractivity contribution in [3.63, 3.8) is 0 Å². The Bertz CT molecular complexity index is 353. The lowest BCUT2D eigenvalue weighted by atomic mass is 9.86. The summed E-state index contributed by atoms with van der Waals surface area (Å²) in [6.45, 7) is 0. The summed E-state index contributed by atoms with van der Waals surface area (Å²) < 4.78 is 0. The molecule has 16 heavy (non-hydrogen) atoms. The Hall–Kier alpha value is -0.830. The summed E-state index contributed by atoms with van der Waals surface area (Å²) in [7, 11) is 0. The number of hydrogen-bond donors (Lipinski definition) is 1. The summed E-state index contributed by atoms with van der Waals surface area (Å²) in [5, 5.41) is 1.87. The number of thiophene rings is 1. The van der Waals surface area contributed by atoms with Gasteiger partial charge in [-0.1, -0.05) is 32.1 Å². The average molecular weight is 237 g/mol. The van der Waals surface area contributed by atoms with Crippen LogP contribution in [0.25, 0.3) is 0 Å². The van der Waals surface area contributed by atoms with Gasteiger partial charge in [-0.25, -0.2) is 0 Å². The molecule has 0 aliphatic heterocycles. The zero-order valence-electron chi connectivity index (χ0n) is 9.58. The Balaban J connectivity index is 1.81. The Morgan fingerprint density at radius 3 is 2.75 bits per heavy atom. The van der Waals surface area contributed by atoms with E-state index < -0.39 is 0 Å². The van der Waals surface area contributed by atoms with Gasteiger partial charge in [0.05, 0.1) is 5.56 Å². The zero-order valence-corrected chi connectivity index (χ0v) is 10.4. The Morgan fingerprint density at radius 1 is 1.38 bits per heavy atom. The molecular formula is C13H19NOS. The normalized spacial score (nSPS) is 17.5. The third-order valence-electron chi connectivity index (χ3n) is 3.46. The van der Waals surface area contributed by atoms with Crippen LogP contribution >= 0.6 is 11.3 Å². The molecule has 0 atom stereocenters. The standard InChI is InChI=1S/C13H19NOS/c14-13(15)11-8-12(16-9-11)7-6-10-4-2-1-3-5-10/h8-10H,1-7H2,(H2,14,15). The van der Waals surface area contributed by atoms with Crippen LogP contribution in [-0.2, 0) is 6.42 Å². The monoisotopic (exact) mass is 237 g/mol. The number of nitrogens with two attached hydrogens (primary N) is 1. The molecule has 0 radical (unpaired) electrons. The molecule has 0 aromatic carbocycles. The van der Waals surface area contributed by atoms with Crippen LogP contribution in [0.5, 0.6) is 0 Å². The molecule has 2 N–H and O–H groups in total. The van der Waals surface area contributed by atoms with E-state index in [1.807, 2.05) is 11.4 Å². The van der Waals surface area contributed by atoms with Gasteiger partial charge < -0.3 is 5.73 Å². The van der Waals surface area contributed by atoms with Crippen molar-refractivity contribution in [2.45, 2.75) is 44.9 Å². The molecule has 0 bridgehead atoms. The number of aryl methyl sites for hydroxylation is 1. The first-order chi connectivity index (χ1) is 7.75. The third-order valence-corrected chi connectivity index (χ3v) is 4.46. The minimum absolute atomic E-state index is 0.305. The summed E-state index contributed by atoms with van der Waals surface area (Å²) in [5.41, 5.74) is 5.90. The smallest absolute Gasteiger partial charge is 0.249 e. The van der Waals surface area contributed by atoms with Crippen molar-refractivity contribution >= 4 is 17.2 Å². The van der Waals surface area contributed by atoms with Crippen LogP contribution in [0.2, 0.25) is 0 Å². The van der Waals surface area contributed by atoms with Crippen LogP contribution in [0.1, 0.15) is 53.8 Å². The van der Waals surface area contributed by atoms with Crippen molar-refractivity contribution < 1.29 is 4.79 Å². The van der Waals surface area contributed by atoms with E-state index in [2.05, 4.69) is 0 Å². The maximum Gasteiger partial charge on any atom is 0.249 e. The van der Waals surface area contributed by atoms with Crippen molar-refractivity contribution in [1.82, 2.24) is 0 Å². The van der Waals surface area contributed by atoms with Crippen molar-refractivity contribution in [2.75, 3.05) is 0 Å². The topological polar surface area (TPSA) is 43.1 Å². The van der Waals surface area contributed by atoms with Crippen molar-refractivity contribution in [3.8, 4) is 0 Å². The first-order valence-corrected chi connectivity index (χ1v) is 7.01. The third kappa shape index (κ3) is 3.08. The second-order valence-electron chi connectivity index (χ2n) is 4.71. The first kappa shape index (κ1) is 11.6. The van der Waals surface area contributed by atoms with E-state index in [4.69, 9.17) is 5.73 Å². The highest BCUT2D eigenvalue weighted by Gasteiger charge is 2.13. The molecule has 1 amide bonds. The predicted octanol–water partition coefficient (Wildman–Crippen LogP) is 3.36. The molecule has 2 nitrogen and oxygen atoms in total. The van der Waals surface area contributed by atoms with Crippen LogP contribution in [0.4, 0.5) is 0 Å². The van der Waals surface area contributed by atoms with E-state index in [1.165, 1.54) is 43.4 Å². The first-order valence-electron chi connectivity index (χ1n) is 6.13. The van der Waals surface area contributed by atoms with Crippen LogP contribution in [0.15, 0.2) is 11.4 Å². The number of rotatable bonds is 4. The zero-order chi connectivity index (χ0) is 11.4. The average Bonchev–Trinajstić information content (AvgIpc) is 2.76. The molecule has 0 spiro atoms. The van der Waals surface area contributed by atoms with Crippen molar-refractivity contribution in [1.29, 1.82) is 0 Å². The number of primary amides is 1. The lowest BCUT2D eigenvalue weighted by Crippen LogP contribution is -2.09. The summed E-state index contributed by atoms with van der Waals surface area (Å²) in [5.74, 6) is 0.605. The maximum atomic E-state index is 10.9. The van der Waals surface area contributed by atoms with E-state index >= 15 is 0 Å². The van der Waals surface area contributed by atoms with Crippen LogP contribution in [0, 0.1) is 5.92 Å². The van der Waals surface area contributed by atoms with Gasteiger partial charge in [-0.2, -0.15) is 0 Å². The van der Waals surface area contributed by atoms with Gasteiger partial charge in [0.2, 0.25) is 5.91 Å². The Morgan fingerprint density at radius 2 is 2.12 bits per heavy atom.